The molecule has 65 valence electrons. The highest BCUT2D eigenvalue weighted by atomic mass is 16.5. The molecule has 0 fully saturated rings. The van der Waals surface area contributed by atoms with Crippen LogP contribution in [0.5, 0.6) is 0 Å². The van der Waals surface area contributed by atoms with Crippen LogP contribution in [-0.2, 0) is 14.3 Å². The van der Waals surface area contributed by atoms with Gasteiger partial charge in [0.25, 0.3) is 0 Å². The molecule has 0 heterocycles. The highest BCUT2D eigenvalue weighted by molar-refractivity contribution is 5.38. The molecule has 0 bridgehead atoms. The predicted octanol–water partition coefficient (Wildman–Crippen LogP) is 1.28. The molecule has 0 aromatic heterocycles. The minimum Gasteiger partial charge on any atom is -0.454 e. The lowest BCUT2D eigenvalue weighted by molar-refractivity contribution is 0.0904. The van der Waals surface area contributed by atoms with E-state index in [0.29, 0.717) is 13.2 Å². The Morgan fingerprint density at radius 1 is 1.45 bits per heavy atom. The Bertz CT molecular complexity index is 93.3. The Morgan fingerprint density at radius 2 is 2.18 bits per heavy atom. The van der Waals surface area contributed by atoms with Gasteiger partial charge >= 0.3 is 6.47 Å². The van der Waals surface area contributed by atoms with Gasteiger partial charge in [0.1, 0.15) is 6.10 Å². The molecule has 0 rings (SSSR count). The van der Waals surface area contributed by atoms with Gasteiger partial charge in [-0.05, 0) is 13.3 Å². The van der Waals surface area contributed by atoms with Crippen LogP contribution in [0.25, 0.3) is 0 Å². The summed E-state index contributed by atoms with van der Waals surface area (Å²) in [4.78, 5) is 9.82. The first-order valence-electron chi connectivity index (χ1n) is 3.95. The molecule has 3 nitrogen and oxygen atoms in total. The van der Waals surface area contributed by atoms with Crippen LogP contribution in [0.1, 0.15) is 26.7 Å². The van der Waals surface area contributed by atoms with Gasteiger partial charge in [-0.2, -0.15) is 0 Å². The van der Waals surface area contributed by atoms with E-state index >= 15 is 0 Å². The first kappa shape index (κ1) is 10.4. The molecule has 0 saturated carbocycles. The highest BCUT2D eigenvalue weighted by Crippen LogP contribution is 2.01. The van der Waals surface area contributed by atoms with E-state index in [-0.39, 0.29) is 6.10 Å². The molecule has 0 aromatic carbocycles. The third-order valence-corrected chi connectivity index (χ3v) is 1.46. The average molecular weight is 159 g/mol. The molecule has 0 aliphatic rings. The molecular formula is C8H15O3. The first-order chi connectivity index (χ1) is 5.35. The third-order valence-electron chi connectivity index (χ3n) is 1.46. The quantitative estimate of drug-likeness (QED) is 0.525. The van der Waals surface area contributed by atoms with Crippen LogP contribution in [-0.4, -0.2) is 25.8 Å². The Balaban J connectivity index is 3.27. The predicted molar refractivity (Wildman–Crippen MR) is 42.0 cm³/mol. The normalized spacial score (nSPS) is 12.5. The lowest BCUT2D eigenvalue weighted by Crippen LogP contribution is -2.13. The average Bonchev–Trinajstić information content (AvgIpc) is 2.03. The fraction of sp³-hybridized carbons (Fsp3) is 0.875. The van der Waals surface area contributed by atoms with Crippen molar-refractivity contribution < 1.29 is 14.3 Å². The van der Waals surface area contributed by atoms with E-state index in [9.17, 15) is 4.79 Å². The van der Waals surface area contributed by atoms with Crippen LogP contribution in [0, 0.1) is 0 Å². The number of hydrogen-bond donors (Lipinski definition) is 0. The molecule has 0 aromatic rings. The molecule has 1 radical (unpaired) electrons. The molecule has 0 saturated heterocycles. The third kappa shape index (κ3) is 5.85. The summed E-state index contributed by atoms with van der Waals surface area (Å²) in [6.07, 6.45) is 1.56. The van der Waals surface area contributed by atoms with Crippen molar-refractivity contribution in [1.82, 2.24) is 0 Å². The van der Waals surface area contributed by atoms with Gasteiger partial charge in [-0.15, -0.1) is 0 Å². The summed E-state index contributed by atoms with van der Waals surface area (Å²) in [5.74, 6) is 0. The number of carbonyl (C=O) groups excluding carboxylic acids is 1. The summed E-state index contributed by atoms with van der Waals surface area (Å²) in [5, 5.41) is 0. The smallest absolute Gasteiger partial charge is 0.417 e. The molecule has 0 aliphatic carbocycles. The largest absolute Gasteiger partial charge is 0.454 e. The van der Waals surface area contributed by atoms with E-state index in [0.717, 1.165) is 12.8 Å². The number of rotatable bonds is 7. The van der Waals surface area contributed by atoms with Crippen molar-refractivity contribution in [2.24, 2.45) is 0 Å². The summed E-state index contributed by atoms with van der Waals surface area (Å²) in [5.41, 5.74) is 0. The van der Waals surface area contributed by atoms with E-state index < -0.39 is 0 Å². The fourth-order valence-electron chi connectivity index (χ4n) is 0.774. The second kappa shape index (κ2) is 7.54. The highest BCUT2D eigenvalue weighted by Gasteiger charge is 2.05. The zero-order valence-electron chi connectivity index (χ0n) is 7.13. The van der Waals surface area contributed by atoms with E-state index in [1.165, 1.54) is 6.47 Å². The number of ether oxygens (including phenoxy) is 2. The summed E-state index contributed by atoms with van der Waals surface area (Å²) in [7, 11) is 0. The van der Waals surface area contributed by atoms with Crippen molar-refractivity contribution in [3.05, 3.63) is 0 Å². The van der Waals surface area contributed by atoms with Gasteiger partial charge in [-0.1, -0.05) is 6.92 Å². The standard InChI is InChI=1S/C8H15O3/c1-3-8(11-7-9)5-6-10-4-2/h8H,3-6H2,1-2H3. The maximum absolute atomic E-state index is 9.82. The Kier molecular flexibility index (Phi) is 7.15. The topological polar surface area (TPSA) is 35.5 Å². The monoisotopic (exact) mass is 159 g/mol. The van der Waals surface area contributed by atoms with Crippen molar-refractivity contribution in [3.63, 3.8) is 0 Å². The zero-order chi connectivity index (χ0) is 8.53. The maximum Gasteiger partial charge on any atom is 0.417 e. The van der Waals surface area contributed by atoms with Gasteiger partial charge in [0.05, 0.1) is 6.61 Å². The minimum absolute atomic E-state index is 0.0287. The SMILES string of the molecule is CCOCCC(CC)O[C]=O. The molecule has 0 amide bonds. The molecule has 0 aliphatic heterocycles. The van der Waals surface area contributed by atoms with E-state index in [2.05, 4.69) is 4.74 Å². The van der Waals surface area contributed by atoms with Crippen molar-refractivity contribution in [3.8, 4) is 0 Å². The summed E-state index contributed by atoms with van der Waals surface area (Å²) >= 11 is 0. The van der Waals surface area contributed by atoms with Gasteiger partial charge in [-0.3, -0.25) is 0 Å². The lowest BCUT2D eigenvalue weighted by atomic mass is 10.2. The van der Waals surface area contributed by atoms with Gasteiger partial charge in [0.15, 0.2) is 0 Å². The Morgan fingerprint density at radius 3 is 2.64 bits per heavy atom. The lowest BCUT2D eigenvalue weighted by Gasteiger charge is -2.10. The summed E-state index contributed by atoms with van der Waals surface area (Å²) in [6, 6.07) is 0. The Hall–Kier alpha value is -0.570. The van der Waals surface area contributed by atoms with E-state index in [4.69, 9.17) is 4.74 Å². The molecule has 0 spiro atoms. The molecule has 11 heavy (non-hydrogen) atoms. The van der Waals surface area contributed by atoms with Crippen molar-refractivity contribution in [2.75, 3.05) is 13.2 Å². The maximum atomic E-state index is 9.82. The summed E-state index contributed by atoms with van der Waals surface area (Å²) in [6.45, 7) is 6.70. The van der Waals surface area contributed by atoms with Crippen molar-refractivity contribution in [2.45, 2.75) is 32.8 Å². The van der Waals surface area contributed by atoms with Crippen LogP contribution in [0.15, 0.2) is 0 Å². The summed E-state index contributed by atoms with van der Waals surface area (Å²) < 4.78 is 9.75. The van der Waals surface area contributed by atoms with Gasteiger partial charge < -0.3 is 9.47 Å². The van der Waals surface area contributed by atoms with Crippen molar-refractivity contribution in [1.29, 1.82) is 0 Å². The molecular weight excluding hydrogens is 144 g/mol. The molecule has 1 atom stereocenters. The van der Waals surface area contributed by atoms with E-state index in [1.54, 1.807) is 0 Å². The minimum atomic E-state index is -0.0287. The fourth-order valence-corrected chi connectivity index (χ4v) is 0.774. The first-order valence-corrected chi connectivity index (χ1v) is 3.95. The van der Waals surface area contributed by atoms with Crippen LogP contribution in [0.2, 0.25) is 0 Å². The van der Waals surface area contributed by atoms with E-state index in [1.807, 2.05) is 13.8 Å². The molecule has 1 unspecified atom stereocenters. The van der Waals surface area contributed by atoms with Crippen LogP contribution in [0.4, 0.5) is 0 Å². The van der Waals surface area contributed by atoms with Crippen LogP contribution >= 0.6 is 0 Å². The van der Waals surface area contributed by atoms with Gasteiger partial charge in [0.2, 0.25) is 0 Å². The second-order valence-corrected chi connectivity index (χ2v) is 2.22. The van der Waals surface area contributed by atoms with Crippen LogP contribution in [0.3, 0.4) is 0 Å². The van der Waals surface area contributed by atoms with Gasteiger partial charge in [0, 0.05) is 13.0 Å². The van der Waals surface area contributed by atoms with Gasteiger partial charge in [-0.25, -0.2) is 4.79 Å². The molecule has 3 heteroatoms. The molecule has 0 N–H and O–H groups in total. The second-order valence-electron chi connectivity index (χ2n) is 2.22. The van der Waals surface area contributed by atoms with Crippen LogP contribution < -0.4 is 0 Å². The van der Waals surface area contributed by atoms with Crippen molar-refractivity contribution >= 4 is 6.47 Å². The number of hydrogen-bond acceptors (Lipinski definition) is 3. The zero-order valence-corrected chi connectivity index (χ0v) is 7.13. The Labute approximate surface area is 67.7 Å².